The third-order valence-corrected chi connectivity index (χ3v) is 3.85. The van der Waals surface area contributed by atoms with E-state index < -0.39 is 5.56 Å². The summed E-state index contributed by atoms with van der Waals surface area (Å²) in [5.41, 5.74) is 0.700. The predicted molar refractivity (Wildman–Crippen MR) is 89.7 cm³/mol. The van der Waals surface area contributed by atoms with Crippen LogP contribution in [-0.4, -0.2) is 33.3 Å². The molecule has 0 aliphatic carbocycles. The van der Waals surface area contributed by atoms with Gasteiger partial charge in [-0.05, 0) is 5.56 Å². The molecule has 7 heteroatoms. The van der Waals surface area contributed by atoms with Gasteiger partial charge in [0.2, 0.25) is 11.8 Å². The van der Waals surface area contributed by atoms with Crippen LogP contribution >= 0.6 is 11.8 Å². The molecule has 0 saturated heterocycles. The van der Waals surface area contributed by atoms with Gasteiger partial charge in [0.1, 0.15) is 0 Å². The minimum Gasteiger partial charge on any atom is -0.493 e. The van der Waals surface area contributed by atoms with Gasteiger partial charge in [-0.2, -0.15) is 4.98 Å². The Morgan fingerprint density at radius 2 is 2.13 bits per heavy atom. The molecule has 0 bridgehead atoms. The van der Waals surface area contributed by atoms with Crippen LogP contribution in [0.25, 0.3) is 0 Å². The summed E-state index contributed by atoms with van der Waals surface area (Å²) in [6.45, 7) is 3.88. The molecule has 0 unspecified atom stereocenters. The highest BCUT2D eigenvalue weighted by Gasteiger charge is 2.12. The normalized spacial score (nSPS) is 10.3. The number of rotatable bonds is 7. The minimum absolute atomic E-state index is 0.0915. The highest BCUT2D eigenvalue weighted by atomic mass is 32.2. The average Bonchev–Trinajstić information content (AvgIpc) is 2.55. The molecule has 1 aromatic heterocycles. The van der Waals surface area contributed by atoms with E-state index in [0.717, 1.165) is 17.3 Å². The van der Waals surface area contributed by atoms with Crippen LogP contribution in [0.1, 0.15) is 11.1 Å². The molecule has 0 spiro atoms. The number of H-pyrrole nitrogens is 1. The second-order valence-corrected chi connectivity index (χ2v) is 5.68. The molecule has 0 atom stereocenters. The molecule has 1 aromatic carbocycles. The lowest BCUT2D eigenvalue weighted by atomic mass is 10.1. The van der Waals surface area contributed by atoms with Crippen LogP contribution in [0.2, 0.25) is 0 Å². The zero-order valence-corrected chi connectivity index (χ0v) is 13.2. The third-order valence-electron chi connectivity index (χ3n) is 2.98. The van der Waals surface area contributed by atoms with Gasteiger partial charge >= 0.3 is 0 Å². The molecule has 1 amide bonds. The van der Waals surface area contributed by atoms with Crippen LogP contribution in [0.3, 0.4) is 0 Å². The first kappa shape index (κ1) is 16.8. The SMILES string of the molecule is C=CCNC(=O)CSc1nc(O)c(Cc2ccccc2)c(=O)[nH]1. The second-order valence-electron chi connectivity index (χ2n) is 4.72. The van der Waals surface area contributed by atoms with E-state index in [1.807, 2.05) is 30.3 Å². The topological polar surface area (TPSA) is 95.1 Å². The maximum atomic E-state index is 12.1. The predicted octanol–water partition coefficient (Wildman–Crippen LogP) is 1.46. The molecule has 0 aliphatic heterocycles. The van der Waals surface area contributed by atoms with Crippen LogP contribution in [0, 0.1) is 0 Å². The van der Waals surface area contributed by atoms with E-state index in [-0.39, 0.29) is 28.3 Å². The van der Waals surface area contributed by atoms with E-state index in [2.05, 4.69) is 21.9 Å². The average molecular weight is 331 g/mol. The summed E-state index contributed by atoms with van der Waals surface area (Å²) in [6, 6.07) is 9.33. The number of nitrogens with zero attached hydrogens (tertiary/aromatic N) is 1. The van der Waals surface area contributed by atoms with Crippen LogP contribution in [0.4, 0.5) is 0 Å². The Morgan fingerprint density at radius 3 is 2.78 bits per heavy atom. The molecule has 3 N–H and O–H groups in total. The van der Waals surface area contributed by atoms with Crippen LogP contribution in [0.5, 0.6) is 5.88 Å². The Bertz CT molecular complexity index is 744. The van der Waals surface area contributed by atoms with Gasteiger partial charge in [-0.15, -0.1) is 6.58 Å². The smallest absolute Gasteiger partial charge is 0.258 e. The highest BCUT2D eigenvalue weighted by molar-refractivity contribution is 7.99. The molecule has 0 fully saturated rings. The molecular weight excluding hydrogens is 314 g/mol. The second kappa shape index (κ2) is 8.19. The Hall–Kier alpha value is -2.54. The van der Waals surface area contributed by atoms with Gasteiger partial charge in [0.15, 0.2) is 5.16 Å². The summed E-state index contributed by atoms with van der Waals surface area (Å²) >= 11 is 1.05. The highest BCUT2D eigenvalue weighted by Crippen LogP contribution is 2.18. The van der Waals surface area contributed by atoms with Gasteiger partial charge in [-0.3, -0.25) is 9.59 Å². The van der Waals surface area contributed by atoms with E-state index >= 15 is 0 Å². The van der Waals surface area contributed by atoms with Crippen molar-refractivity contribution >= 4 is 17.7 Å². The number of carbonyl (C=O) groups excluding carboxylic acids is 1. The number of hydrogen-bond donors (Lipinski definition) is 3. The summed E-state index contributed by atoms with van der Waals surface area (Å²) in [5, 5.41) is 12.8. The lowest BCUT2D eigenvalue weighted by Crippen LogP contribution is -2.25. The first-order chi connectivity index (χ1) is 11.1. The van der Waals surface area contributed by atoms with E-state index in [1.165, 1.54) is 0 Å². The van der Waals surface area contributed by atoms with Crippen molar-refractivity contribution in [2.45, 2.75) is 11.6 Å². The Morgan fingerprint density at radius 1 is 1.39 bits per heavy atom. The fourth-order valence-corrected chi connectivity index (χ4v) is 2.55. The fourth-order valence-electron chi connectivity index (χ4n) is 1.86. The summed E-state index contributed by atoms with van der Waals surface area (Å²) in [5.74, 6) is -0.425. The number of hydrogen-bond acceptors (Lipinski definition) is 5. The van der Waals surface area contributed by atoms with Crippen molar-refractivity contribution in [2.75, 3.05) is 12.3 Å². The van der Waals surface area contributed by atoms with Crippen molar-refractivity contribution in [1.29, 1.82) is 0 Å². The van der Waals surface area contributed by atoms with Gasteiger partial charge in [0.05, 0.1) is 11.3 Å². The van der Waals surface area contributed by atoms with Crippen LogP contribution in [0.15, 0.2) is 52.9 Å². The summed E-state index contributed by atoms with van der Waals surface area (Å²) in [7, 11) is 0. The van der Waals surface area contributed by atoms with E-state index in [4.69, 9.17) is 0 Å². The zero-order chi connectivity index (χ0) is 16.7. The number of aromatic amines is 1. The number of carbonyl (C=O) groups is 1. The van der Waals surface area contributed by atoms with Crippen molar-refractivity contribution in [3.05, 3.63) is 64.5 Å². The van der Waals surface area contributed by atoms with Crippen molar-refractivity contribution < 1.29 is 9.90 Å². The number of aromatic hydroxyl groups is 1. The molecule has 2 aromatic rings. The fraction of sp³-hybridized carbons (Fsp3) is 0.188. The number of nitrogens with one attached hydrogen (secondary N) is 2. The zero-order valence-electron chi connectivity index (χ0n) is 12.4. The Labute approximate surface area is 137 Å². The Balaban J connectivity index is 2.06. The molecular formula is C16H17N3O3S. The maximum Gasteiger partial charge on any atom is 0.258 e. The van der Waals surface area contributed by atoms with Crippen molar-refractivity contribution in [3.63, 3.8) is 0 Å². The monoisotopic (exact) mass is 331 g/mol. The third kappa shape index (κ3) is 5.00. The standard InChI is InChI=1S/C16H17N3O3S/c1-2-8-17-13(20)10-23-16-18-14(21)12(15(22)19-16)9-11-6-4-3-5-7-11/h2-7H,1,8-10H2,(H,17,20)(H2,18,19,21,22). The summed E-state index contributed by atoms with van der Waals surface area (Å²) in [6.07, 6.45) is 1.87. The van der Waals surface area contributed by atoms with Crippen molar-refractivity contribution in [2.24, 2.45) is 0 Å². The van der Waals surface area contributed by atoms with Gasteiger partial charge in [-0.25, -0.2) is 0 Å². The number of aromatic nitrogens is 2. The largest absolute Gasteiger partial charge is 0.493 e. The molecule has 23 heavy (non-hydrogen) atoms. The lowest BCUT2D eigenvalue weighted by molar-refractivity contribution is -0.118. The van der Waals surface area contributed by atoms with Crippen molar-refractivity contribution in [3.8, 4) is 5.88 Å². The van der Waals surface area contributed by atoms with Crippen LogP contribution in [-0.2, 0) is 11.2 Å². The number of amides is 1. The lowest BCUT2D eigenvalue weighted by Gasteiger charge is -2.06. The number of thioether (sulfide) groups is 1. The van der Waals surface area contributed by atoms with Gasteiger partial charge in [-0.1, -0.05) is 48.2 Å². The molecule has 0 aliphatic rings. The van der Waals surface area contributed by atoms with E-state index in [1.54, 1.807) is 6.08 Å². The quantitative estimate of drug-likeness (QED) is 0.406. The summed E-state index contributed by atoms with van der Waals surface area (Å²) in [4.78, 5) is 30.1. The maximum absolute atomic E-state index is 12.1. The van der Waals surface area contributed by atoms with E-state index in [9.17, 15) is 14.7 Å². The van der Waals surface area contributed by atoms with Gasteiger partial charge < -0.3 is 15.4 Å². The first-order valence-electron chi connectivity index (χ1n) is 6.96. The molecule has 0 radical (unpaired) electrons. The number of benzene rings is 1. The van der Waals surface area contributed by atoms with Gasteiger partial charge in [0, 0.05) is 13.0 Å². The summed E-state index contributed by atoms with van der Waals surface area (Å²) < 4.78 is 0. The van der Waals surface area contributed by atoms with Crippen LogP contribution < -0.4 is 10.9 Å². The first-order valence-corrected chi connectivity index (χ1v) is 7.95. The molecule has 0 saturated carbocycles. The molecule has 2 rings (SSSR count). The van der Waals surface area contributed by atoms with Gasteiger partial charge in [0.25, 0.3) is 5.56 Å². The minimum atomic E-state index is -0.407. The molecule has 6 nitrogen and oxygen atoms in total. The molecule has 1 heterocycles. The van der Waals surface area contributed by atoms with E-state index in [0.29, 0.717) is 13.0 Å². The Kier molecular flexibility index (Phi) is 5.99. The molecule has 120 valence electrons. The van der Waals surface area contributed by atoms with Crippen molar-refractivity contribution in [1.82, 2.24) is 15.3 Å².